The van der Waals surface area contributed by atoms with Crippen molar-refractivity contribution in [1.29, 1.82) is 0 Å². The van der Waals surface area contributed by atoms with Crippen molar-refractivity contribution in [2.45, 2.75) is 21.6 Å². The number of halogens is 1. The molecule has 6 rings (SSSR count). The Balaban J connectivity index is 1.37. The molecule has 0 spiro atoms. The van der Waals surface area contributed by atoms with Crippen LogP contribution in [0.2, 0.25) is 0 Å². The zero-order valence-corrected chi connectivity index (χ0v) is 28.8. The molecule has 5 N–H and O–H groups in total. The number of benzene rings is 5. The average Bonchev–Trinajstić information content (AvgIpc) is 3.12. The monoisotopic (exact) mass is 769 g/mol. The van der Waals surface area contributed by atoms with Crippen molar-refractivity contribution in [1.82, 2.24) is 15.0 Å². The van der Waals surface area contributed by atoms with E-state index in [2.05, 4.69) is 49.2 Å². The summed E-state index contributed by atoms with van der Waals surface area (Å²) >= 11 is 1.02. The topological polar surface area (TPSA) is 231 Å². The van der Waals surface area contributed by atoms with Crippen molar-refractivity contribution in [3.8, 4) is 5.75 Å². The predicted octanol–water partition coefficient (Wildman–Crippen LogP) is 8.44. The van der Waals surface area contributed by atoms with Crippen LogP contribution >= 0.6 is 24.1 Å². The highest BCUT2D eigenvalue weighted by Crippen LogP contribution is 2.45. The number of phenolic OH excluding ortho intramolecular Hbond substituents is 1. The van der Waals surface area contributed by atoms with Crippen molar-refractivity contribution < 1.29 is 51.7 Å². The van der Waals surface area contributed by atoms with Crippen LogP contribution in [0.25, 0.3) is 21.5 Å². The van der Waals surface area contributed by atoms with E-state index in [0.29, 0.717) is 52.0 Å². The number of azo groups is 1. The molecule has 0 atom stereocenters. The molecule has 0 bridgehead atoms. The van der Waals surface area contributed by atoms with Crippen LogP contribution in [0.15, 0.2) is 110 Å². The smallest absolute Gasteiger partial charge is 0.315 e. The minimum Gasteiger partial charge on any atom is -0.505 e. The fraction of sp³-hybridized carbons (Fsp3) is 0.0645. The number of aromatic nitrogens is 3. The van der Waals surface area contributed by atoms with Gasteiger partial charge in [0.25, 0.3) is 10.1 Å². The number of hydrogen-bond donors (Lipinski definition) is 5. The number of anilines is 4. The first-order chi connectivity index (χ1) is 25.1. The summed E-state index contributed by atoms with van der Waals surface area (Å²) in [7, 11) is -4.90. The molecule has 17 nitrogen and oxygen atoms in total. The maximum Gasteiger partial charge on any atom is 0.315 e. The zero-order chi connectivity index (χ0) is 36.8. The van der Waals surface area contributed by atoms with Gasteiger partial charge in [0.2, 0.25) is 11.9 Å². The first-order valence-electron chi connectivity index (χ1n) is 14.7. The SMILES string of the molecule is CCN(c1ccccc1)c1nc(F)nc(Nc2ccc3c(O)c(/N=N/c4ccc5c(SOOO)cccc5c4S(=O)(=O)O)c(SOOO)cc3c2)n1. The summed E-state index contributed by atoms with van der Waals surface area (Å²) in [4.78, 5) is 13.5. The molecule has 0 aliphatic heterocycles. The number of para-hydroxylation sites is 1. The predicted molar refractivity (Wildman–Crippen MR) is 187 cm³/mol. The third-order valence-electron chi connectivity index (χ3n) is 7.30. The second-order valence-electron chi connectivity index (χ2n) is 10.3. The normalized spacial score (nSPS) is 11.9. The van der Waals surface area contributed by atoms with Gasteiger partial charge in [0.15, 0.2) is 5.75 Å². The number of aromatic hydroxyl groups is 1. The minimum atomic E-state index is -4.90. The van der Waals surface area contributed by atoms with E-state index in [4.69, 9.17) is 10.5 Å². The van der Waals surface area contributed by atoms with Gasteiger partial charge in [-0.2, -0.15) is 27.8 Å². The Labute approximate surface area is 301 Å². The number of phenols is 1. The number of nitrogens with zero attached hydrogens (tertiary/aromatic N) is 6. The maximum atomic E-state index is 14.6. The zero-order valence-electron chi connectivity index (χ0n) is 26.3. The molecule has 0 radical (unpaired) electrons. The first kappa shape index (κ1) is 36.7. The number of fused-ring (bicyclic) bond motifs is 2. The van der Waals surface area contributed by atoms with Gasteiger partial charge in [0.05, 0.1) is 29.0 Å². The molecule has 6 aromatic rings. The fourth-order valence-electron chi connectivity index (χ4n) is 5.20. The van der Waals surface area contributed by atoms with Gasteiger partial charge in [-0.05, 0) is 66.2 Å². The highest BCUT2D eigenvalue weighted by atomic mass is 32.2. The summed E-state index contributed by atoms with van der Waals surface area (Å²) in [6.45, 7) is 2.31. The summed E-state index contributed by atoms with van der Waals surface area (Å²) in [6, 6.07) is 22.5. The van der Waals surface area contributed by atoms with Gasteiger partial charge in [0.1, 0.15) is 16.3 Å². The van der Waals surface area contributed by atoms with Gasteiger partial charge in [-0.1, -0.05) is 46.5 Å². The van der Waals surface area contributed by atoms with E-state index < -0.39 is 26.8 Å². The standard InChI is InChI=1S/C31H24FN7O10S3/c1-2-39(19-7-4-3-5-8-19)31-35-29(32)34-30(36-31)33-18-11-12-20-17(15-18)16-25(51-49-47-42)26(27(20)40)38-37-23-14-13-21-22(28(23)52(43,44)45)9-6-10-24(21)50-48-46-41/h3-16,40-42H,2H2,1H3,(H,43,44,45)(H,33,34,35,36)/b38-37+. The van der Waals surface area contributed by atoms with Crippen LogP contribution in [0.1, 0.15) is 6.92 Å². The molecule has 5 aromatic carbocycles. The Bertz CT molecular complexity index is 2400. The van der Waals surface area contributed by atoms with E-state index in [1.54, 1.807) is 23.1 Å². The van der Waals surface area contributed by atoms with Gasteiger partial charge in [0, 0.05) is 33.6 Å². The summed E-state index contributed by atoms with van der Waals surface area (Å²) < 4.78 is 59.0. The third-order valence-corrected chi connectivity index (χ3v) is 9.53. The minimum absolute atomic E-state index is 0.0347. The molecular weight excluding hydrogens is 746 g/mol. The van der Waals surface area contributed by atoms with Crippen LogP contribution in [0, 0.1) is 6.08 Å². The van der Waals surface area contributed by atoms with E-state index in [1.807, 2.05) is 37.3 Å². The summed E-state index contributed by atoms with van der Waals surface area (Å²) in [5.41, 5.74) is 0.610. The number of hydrogen-bond acceptors (Lipinski definition) is 18. The molecule has 268 valence electrons. The lowest BCUT2D eigenvalue weighted by atomic mass is 10.1. The van der Waals surface area contributed by atoms with E-state index in [1.165, 1.54) is 36.4 Å². The molecule has 52 heavy (non-hydrogen) atoms. The fourth-order valence-corrected chi connectivity index (χ4v) is 7.03. The third kappa shape index (κ3) is 8.03. The average molecular weight is 770 g/mol. The van der Waals surface area contributed by atoms with Gasteiger partial charge < -0.3 is 15.3 Å². The van der Waals surface area contributed by atoms with Gasteiger partial charge >= 0.3 is 6.08 Å². The van der Waals surface area contributed by atoms with E-state index in [0.717, 1.165) is 5.69 Å². The van der Waals surface area contributed by atoms with Crippen LogP contribution in [0.3, 0.4) is 0 Å². The first-order valence-corrected chi connectivity index (χ1v) is 17.6. The molecule has 0 aliphatic rings. The van der Waals surface area contributed by atoms with Crippen LogP contribution in [-0.2, 0) is 28.9 Å². The van der Waals surface area contributed by atoms with Crippen LogP contribution < -0.4 is 10.2 Å². The lowest BCUT2D eigenvalue weighted by Gasteiger charge is -2.21. The van der Waals surface area contributed by atoms with E-state index in [9.17, 15) is 22.5 Å². The van der Waals surface area contributed by atoms with Gasteiger partial charge in [-0.15, -0.1) is 18.9 Å². The molecule has 21 heteroatoms. The molecule has 0 fully saturated rings. The second kappa shape index (κ2) is 16.1. The Hall–Kier alpha value is -5.07. The van der Waals surface area contributed by atoms with Crippen LogP contribution in [-0.4, -0.2) is 50.1 Å². The highest BCUT2D eigenvalue weighted by molar-refractivity contribution is 7.95. The Kier molecular flexibility index (Phi) is 11.4. The second-order valence-corrected chi connectivity index (χ2v) is 13.2. The van der Waals surface area contributed by atoms with Crippen molar-refractivity contribution in [3.63, 3.8) is 0 Å². The van der Waals surface area contributed by atoms with Gasteiger partial charge in [-0.3, -0.25) is 4.55 Å². The molecule has 0 saturated heterocycles. The molecule has 1 heterocycles. The van der Waals surface area contributed by atoms with Crippen LogP contribution in [0.4, 0.5) is 39.0 Å². The summed E-state index contributed by atoms with van der Waals surface area (Å²) in [5.74, 6) is -0.450. The molecule has 0 amide bonds. The number of nitrogens with one attached hydrogen (secondary N) is 1. The lowest BCUT2D eigenvalue weighted by Crippen LogP contribution is -2.20. The van der Waals surface area contributed by atoms with Crippen molar-refractivity contribution in [2.24, 2.45) is 10.2 Å². The van der Waals surface area contributed by atoms with Crippen molar-refractivity contribution in [2.75, 3.05) is 16.8 Å². The van der Waals surface area contributed by atoms with Crippen molar-refractivity contribution >= 4 is 90.4 Å². The highest BCUT2D eigenvalue weighted by Gasteiger charge is 2.23. The molecule has 0 saturated carbocycles. The Morgan fingerprint density at radius 2 is 1.58 bits per heavy atom. The number of rotatable bonds is 14. The molecule has 0 aliphatic carbocycles. The quantitative estimate of drug-likeness (QED) is 0.0230. The maximum absolute atomic E-state index is 14.6. The molecular formula is C31H24FN7O10S3. The van der Waals surface area contributed by atoms with Gasteiger partial charge in [-0.25, -0.2) is 10.5 Å². The van der Waals surface area contributed by atoms with Crippen molar-refractivity contribution in [3.05, 3.63) is 91.0 Å². The summed E-state index contributed by atoms with van der Waals surface area (Å²) in [5, 5.41) is 48.1. The van der Waals surface area contributed by atoms with E-state index in [-0.39, 0.29) is 38.9 Å². The van der Waals surface area contributed by atoms with E-state index >= 15 is 0 Å². The van der Waals surface area contributed by atoms with Crippen LogP contribution in [0.5, 0.6) is 5.75 Å². The lowest BCUT2D eigenvalue weighted by molar-refractivity contribution is -0.432. The Morgan fingerprint density at radius 1 is 0.846 bits per heavy atom. The molecule has 0 unspecified atom stereocenters. The largest absolute Gasteiger partial charge is 0.505 e. The summed E-state index contributed by atoms with van der Waals surface area (Å²) in [6.07, 6.45) is -1.01. The Morgan fingerprint density at radius 3 is 2.29 bits per heavy atom. The molecule has 1 aromatic heterocycles.